The lowest BCUT2D eigenvalue weighted by Crippen LogP contribution is -2.26. The quantitative estimate of drug-likeness (QED) is 0.716. The maximum absolute atomic E-state index is 8.95. The number of benzene rings is 1. The van der Waals surface area contributed by atoms with Crippen molar-refractivity contribution in [2.75, 3.05) is 14.2 Å². The van der Waals surface area contributed by atoms with Crippen LogP contribution in [0.4, 0.5) is 0 Å². The molecule has 0 aliphatic rings. The van der Waals surface area contributed by atoms with Gasteiger partial charge in [-0.15, -0.1) is 0 Å². The van der Waals surface area contributed by atoms with Gasteiger partial charge >= 0.3 is 0 Å². The molecule has 0 unspecified atom stereocenters. The van der Waals surface area contributed by atoms with E-state index in [0.29, 0.717) is 21.9 Å². The Balaban J connectivity index is 3.52. The highest BCUT2D eigenvalue weighted by Crippen LogP contribution is 2.05. The lowest BCUT2D eigenvalue weighted by Gasteiger charge is -2.04. The summed E-state index contributed by atoms with van der Waals surface area (Å²) < 4.78 is 10.1. The molecule has 0 aliphatic carbocycles. The first-order chi connectivity index (χ1) is 6.24. The first-order valence-corrected chi connectivity index (χ1v) is 3.79. The summed E-state index contributed by atoms with van der Waals surface area (Å²) in [6.45, 7) is 3.77. The van der Waals surface area contributed by atoms with Gasteiger partial charge in [0.1, 0.15) is 11.5 Å². The largest absolute Gasteiger partial charge is 0.515 e. The predicted octanol–water partition coefficient (Wildman–Crippen LogP) is 0.410. The first kappa shape index (κ1) is 9.45. The van der Waals surface area contributed by atoms with Gasteiger partial charge in [-0.1, -0.05) is 6.58 Å². The number of hydrogen-bond donors (Lipinski definition) is 1. The van der Waals surface area contributed by atoms with Crippen LogP contribution in [0.3, 0.4) is 0 Å². The second kappa shape index (κ2) is 3.85. The zero-order chi connectivity index (χ0) is 9.84. The minimum absolute atomic E-state index is 0.543. The molecule has 0 heterocycles. The maximum atomic E-state index is 8.95. The minimum atomic E-state index is 0.543. The standard InChI is InChI=1S/C10H12O3/c1-7-8(6-11)10(13-3)5-4-9(7)12-2/h4-6,11H,1H2,2-3H3/b8-6+. The van der Waals surface area contributed by atoms with Crippen LogP contribution in [0.2, 0.25) is 0 Å². The van der Waals surface area contributed by atoms with Crippen molar-refractivity contribution in [2.24, 2.45) is 0 Å². The van der Waals surface area contributed by atoms with E-state index in [0.717, 1.165) is 6.26 Å². The van der Waals surface area contributed by atoms with E-state index in [1.54, 1.807) is 19.2 Å². The van der Waals surface area contributed by atoms with Crippen LogP contribution in [0, 0.1) is 0 Å². The molecule has 3 nitrogen and oxygen atoms in total. The third kappa shape index (κ3) is 1.59. The lowest BCUT2D eigenvalue weighted by atomic mass is 10.2. The van der Waals surface area contributed by atoms with Crippen LogP contribution < -0.4 is 19.9 Å². The summed E-state index contributed by atoms with van der Waals surface area (Å²) in [6.07, 6.45) is 0.962. The van der Waals surface area contributed by atoms with E-state index in [1.807, 2.05) is 0 Å². The number of methoxy groups -OCH3 is 2. The van der Waals surface area contributed by atoms with Crippen LogP contribution in [0.25, 0.3) is 12.8 Å². The first-order valence-electron chi connectivity index (χ1n) is 3.79. The Morgan fingerprint density at radius 1 is 1.23 bits per heavy atom. The second-order valence-electron chi connectivity index (χ2n) is 2.49. The molecule has 0 aromatic heterocycles. The number of aliphatic hydroxyl groups is 1. The van der Waals surface area contributed by atoms with Gasteiger partial charge in [-0.2, -0.15) is 0 Å². The molecule has 3 heteroatoms. The van der Waals surface area contributed by atoms with Crippen molar-refractivity contribution in [3.63, 3.8) is 0 Å². The third-order valence-electron chi connectivity index (χ3n) is 1.84. The molecule has 0 saturated carbocycles. The summed E-state index contributed by atoms with van der Waals surface area (Å²) >= 11 is 0. The van der Waals surface area contributed by atoms with Crippen LogP contribution in [-0.4, -0.2) is 19.3 Å². The molecule has 13 heavy (non-hydrogen) atoms. The monoisotopic (exact) mass is 180 g/mol. The molecule has 0 radical (unpaired) electrons. The highest BCUT2D eigenvalue weighted by atomic mass is 16.5. The molecule has 0 amide bonds. The minimum Gasteiger partial charge on any atom is -0.515 e. The Bertz CT molecular complexity index is 395. The number of hydrogen-bond acceptors (Lipinski definition) is 3. The van der Waals surface area contributed by atoms with Gasteiger partial charge in [-0.05, 0) is 12.1 Å². The molecule has 0 spiro atoms. The SMILES string of the molecule is C=c1c(OC)ccc(OC)/c1=C/O. The predicted molar refractivity (Wildman–Crippen MR) is 51.4 cm³/mol. The summed E-state index contributed by atoms with van der Waals surface area (Å²) in [6, 6.07) is 3.46. The van der Waals surface area contributed by atoms with E-state index < -0.39 is 0 Å². The van der Waals surface area contributed by atoms with Crippen molar-refractivity contribution >= 4 is 12.8 Å². The topological polar surface area (TPSA) is 38.7 Å². The van der Waals surface area contributed by atoms with E-state index >= 15 is 0 Å². The average molecular weight is 180 g/mol. The van der Waals surface area contributed by atoms with E-state index in [2.05, 4.69) is 6.58 Å². The normalized spacial score (nSPS) is 11.4. The molecule has 0 fully saturated rings. The van der Waals surface area contributed by atoms with Crippen molar-refractivity contribution < 1.29 is 14.6 Å². The molecule has 0 bridgehead atoms. The van der Waals surface area contributed by atoms with Crippen LogP contribution >= 0.6 is 0 Å². The summed E-state index contributed by atoms with van der Waals surface area (Å²) in [4.78, 5) is 0. The van der Waals surface area contributed by atoms with Crippen LogP contribution in [-0.2, 0) is 0 Å². The van der Waals surface area contributed by atoms with Gasteiger partial charge < -0.3 is 14.6 Å². The van der Waals surface area contributed by atoms with Gasteiger partial charge in [-0.25, -0.2) is 0 Å². The van der Waals surface area contributed by atoms with Crippen molar-refractivity contribution in [3.8, 4) is 11.5 Å². The Morgan fingerprint density at radius 2 is 1.77 bits per heavy atom. The van der Waals surface area contributed by atoms with E-state index in [-0.39, 0.29) is 0 Å². The number of aliphatic hydroxyl groups excluding tert-OH is 1. The smallest absolute Gasteiger partial charge is 0.130 e. The fraction of sp³-hybridized carbons (Fsp3) is 0.200. The molecule has 1 N–H and O–H groups in total. The van der Waals surface area contributed by atoms with Gasteiger partial charge in [0.15, 0.2) is 0 Å². The van der Waals surface area contributed by atoms with Crippen LogP contribution in [0.1, 0.15) is 0 Å². The Kier molecular flexibility index (Phi) is 2.80. The average Bonchev–Trinajstić information content (AvgIpc) is 2.17. The molecule has 0 atom stereocenters. The zero-order valence-corrected chi connectivity index (χ0v) is 7.70. The van der Waals surface area contributed by atoms with Gasteiger partial charge in [0, 0.05) is 5.22 Å². The summed E-state index contributed by atoms with van der Waals surface area (Å²) in [5.41, 5.74) is 0. The lowest BCUT2D eigenvalue weighted by molar-refractivity contribution is 0.395. The highest BCUT2D eigenvalue weighted by molar-refractivity contribution is 5.39. The fourth-order valence-corrected chi connectivity index (χ4v) is 1.13. The second-order valence-corrected chi connectivity index (χ2v) is 2.49. The third-order valence-corrected chi connectivity index (χ3v) is 1.84. The Morgan fingerprint density at radius 3 is 2.23 bits per heavy atom. The van der Waals surface area contributed by atoms with Crippen LogP contribution in [0.5, 0.6) is 11.5 Å². The highest BCUT2D eigenvalue weighted by Gasteiger charge is 2.00. The van der Waals surface area contributed by atoms with E-state index in [4.69, 9.17) is 14.6 Å². The molecule has 1 aromatic carbocycles. The van der Waals surface area contributed by atoms with Crippen molar-refractivity contribution in [1.29, 1.82) is 0 Å². The summed E-state index contributed by atoms with van der Waals surface area (Å²) in [5.74, 6) is 1.20. The number of ether oxygens (including phenoxy) is 2. The van der Waals surface area contributed by atoms with E-state index in [1.165, 1.54) is 7.11 Å². The Hall–Kier alpha value is -1.64. The molecule has 70 valence electrons. The fourth-order valence-electron chi connectivity index (χ4n) is 1.13. The molecule has 1 rings (SSSR count). The summed E-state index contributed by atoms with van der Waals surface area (Å²) in [5, 5.41) is 10.1. The molecule has 0 saturated heterocycles. The van der Waals surface area contributed by atoms with Crippen molar-refractivity contribution in [1.82, 2.24) is 0 Å². The van der Waals surface area contributed by atoms with Crippen molar-refractivity contribution in [3.05, 3.63) is 22.6 Å². The van der Waals surface area contributed by atoms with Gasteiger partial charge in [0.25, 0.3) is 0 Å². The van der Waals surface area contributed by atoms with Gasteiger partial charge in [0.2, 0.25) is 0 Å². The molecular formula is C10H12O3. The summed E-state index contributed by atoms with van der Waals surface area (Å²) in [7, 11) is 3.09. The number of rotatable bonds is 2. The Labute approximate surface area is 76.5 Å². The molecule has 0 aliphatic heterocycles. The van der Waals surface area contributed by atoms with E-state index in [9.17, 15) is 0 Å². The van der Waals surface area contributed by atoms with Crippen LogP contribution in [0.15, 0.2) is 12.1 Å². The van der Waals surface area contributed by atoms with Gasteiger partial charge in [-0.3, -0.25) is 0 Å². The zero-order valence-electron chi connectivity index (χ0n) is 7.70. The molecular weight excluding hydrogens is 168 g/mol. The molecule has 1 aromatic rings. The van der Waals surface area contributed by atoms with Crippen molar-refractivity contribution in [2.45, 2.75) is 0 Å². The maximum Gasteiger partial charge on any atom is 0.130 e. The van der Waals surface area contributed by atoms with Gasteiger partial charge in [0.05, 0.1) is 25.7 Å².